The van der Waals surface area contributed by atoms with Crippen molar-refractivity contribution in [1.82, 2.24) is 14.9 Å². The van der Waals surface area contributed by atoms with Gasteiger partial charge in [-0.1, -0.05) is 6.07 Å². The fourth-order valence-corrected chi connectivity index (χ4v) is 4.35. The molecule has 0 bridgehead atoms. The number of fused-ring (bicyclic) bond motifs is 1. The van der Waals surface area contributed by atoms with Gasteiger partial charge in [0.1, 0.15) is 11.9 Å². The highest BCUT2D eigenvalue weighted by atomic mass is 19.1. The maximum Gasteiger partial charge on any atom is 0.225 e. The van der Waals surface area contributed by atoms with E-state index in [0.29, 0.717) is 12.0 Å². The Morgan fingerprint density at radius 2 is 2.03 bits per heavy atom. The standard InChI is InChI=1S/C21H26FN5O2/c1-14-20-7-6-19(29-18-5-3-4-17(10-18)25-15(2)28)13-26(20)8-9-27(14)21-23-11-16(22)12-24-21/h3-5,10-12,14,19-20H,6-9,13H2,1-2H3,(H,25,28)/t14?,19-,20-/m0/s1. The topological polar surface area (TPSA) is 70.6 Å². The Morgan fingerprint density at radius 1 is 1.24 bits per heavy atom. The van der Waals surface area contributed by atoms with E-state index < -0.39 is 5.82 Å². The van der Waals surface area contributed by atoms with E-state index in [9.17, 15) is 9.18 Å². The van der Waals surface area contributed by atoms with E-state index in [4.69, 9.17) is 4.74 Å². The van der Waals surface area contributed by atoms with Crippen LogP contribution in [0.2, 0.25) is 0 Å². The molecule has 8 heteroatoms. The first-order valence-electron chi connectivity index (χ1n) is 10.0. The predicted octanol–water partition coefficient (Wildman–Crippen LogP) is 2.69. The fourth-order valence-electron chi connectivity index (χ4n) is 4.35. The van der Waals surface area contributed by atoms with E-state index in [1.165, 1.54) is 19.3 Å². The summed E-state index contributed by atoms with van der Waals surface area (Å²) >= 11 is 0. The molecule has 2 aliphatic heterocycles. The summed E-state index contributed by atoms with van der Waals surface area (Å²) in [5, 5.41) is 2.79. The highest BCUT2D eigenvalue weighted by molar-refractivity contribution is 5.88. The minimum absolute atomic E-state index is 0.0975. The molecule has 0 saturated carbocycles. The van der Waals surface area contributed by atoms with E-state index in [-0.39, 0.29) is 18.1 Å². The van der Waals surface area contributed by atoms with Crippen LogP contribution < -0.4 is 15.0 Å². The van der Waals surface area contributed by atoms with Crippen molar-refractivity contribution in [3.63, 3.8) is 0 Å². The fraction of sp³-hybridized carbons (Fsp3) is 0.476. The van der Waals surface area contributed by atoms with Gasteiger partial charge in [-0.15, -0.1) is 0 Å². The first-order valence-corrected chi connectivity index (χ1v) is 10.0. The predicted molar refractivity (Wildman–Crippen MR) is 109 cm³/mol. The average molecular weight is 399 g/mol. The van der Waals surface area contributed by atoms with Crippen LogP contribution in [0, 0.1) is 5.82 Å². The zero-order valence-corrected chi connectivity index (χ0v) is 16.7. The van der Waals surface area contributed by atoms with Crippen molar-refractivity contribution in [2.45, 2.75) is 44.9 Å². The number of amides is 1. The Labute approximate surface area is 169 Å². The number of ether oxygens (including phenoxy) is 1. The maximum absolute atomic E-state index is 13.1. The van der Waals surface area contributed by atoms with Gasteiger partial charge in [-0.05, 0) is 31.9 Å². The second kappa shape index (κ2) is 8.32. The van der Waals surface area contributed by atoms with Crippen molar-refractivity contribution < 1.29 is 13.9 Å². The smallest absolute Gasteiger partial charge is 0.225 e. The number of nitrogens with one attached hydrogen (secondary N) is 1. The summed E-state index contributed by atoms with van der Waals surface area (Å²) in [5.74, 6) is 0.845. The first kappa shape index (κ1) is 19.6. The number of rotatable bonds is 4. The normalized spacial score (nSPS) is 24.7. The number of hydrogen-bond acceptors (Lipinski definition) is 6. The summed E-state index contributed by atoms with van der Waals surface area (Å²) in [6, 6.07) is 8.16. The van der Waals surface area contributed by atoms with Gasteiger partial charge in [0.05, 0.1) is 12.4 Å². The highest BCUT2D eigenvalue weighted by Gasteiger charge is 2.39. The zero-order valence-electron chi connectivity index (χ0n) is 16.7. The Bertz CT molecular complexity index is 862. The van der Waals surface area contributed by atoms with Crippen LogP contribution in [0.25, 0.3) is 0 Å². The second-order valence-corrected chi connectivity index (χ2v) is 7.72. The van der Waals surface area contributed by atoms with Crippen LogP contribution in [0.3, 0.4) is 0 Å². The molecule has 1 N–H and O–H groups in total. The van der Waals surface area contributed by atoms with E-state index in [1.807, 2.05) is 24.3 Å². The zero-order chi connectivity index (χ0) is 20.4. The van der Waals surface area contributed by atoms with Crippen molar-refractivity contribution in [3.8, 4) is 5.75 Å². The Morgan fingerprint density at radius 3 is 2.79 bits per heavy atom. The van der Waals surface area contributed by atoms with Crippen LogP contribution >= 0.6 is 0 Å². The largest absolute Gasteiger partial charge is 0.489 e. The minimum Gasteiger partial charge on any atom is -0.489 e. The van der Waals surface area contributed by atoms with Gasteiger partial charge >= 0.3 is 0 Å². The van der Waals surface area contributed by atoms with Crippen LogP contribution in [0.1, 0.15) is 26.7 Å². The molecule has 2 aliphatic rings. The van der Waals surface area contributed by atoms with Crippen LogP contribution in [-0.2, 0) is 4.79 Å². The molecular formula is C21H26FN5O2. The number of hydrogen-bond donors (Lipinski definition) is 1. The number of piperidine rings is 1. The Hall–Kier alpha value is -2.74. The Balaban J connectivity index is 1.38. The molecule has 1 aromatic carbocycles. The molecule has 4 rings (SSSR count). The van der Waals surface area contributed by atoms with E-state index in [2.05, 4.69) is 32.0 Å². The van der Waals surface area contributed by atoms with Gasteiger partial charge in [0.2, 0.25) is 11.9 Å². The maximum atomic E-state index is 13.1. The molecule has 0 radical (unpaired) electrons. The molecule has 1 aromatic heterocycles. The number of aromatic nitrogens is 2. The first-order chi connectivity index (χ1) is 14.0. The van der Waals surface area contributed by atoms with Gasteiger partial charge in [-0.3, -0.25) is 9.69 Å². The number of halogens is 1. The number of piperazine rings is 1. The lowest BCUT2D eigenvalue weighted by Crippen LogP contribution is -2.62. The summed E-state index contributed by atoms with van der Waals surface area (Å²) in [6.45, 7) is 6.22. The Kier molecular flexibility index (Phi) is 5.62. The van der Waals surface area contributed by atoms with E-state index >= 15 is 0 Å². The molecule has 0 aliphatic carbocycles. The molecule has 2 saturated heterocycles. The molecule has 3 heterocycles. The van der Waals surface area contributed by atoms with E-state index in [1.54, 1.807) is 0 Å². The summed E-state index contributed by atoms with van der Waals surface area (Å²) in [4.78, 5) is 24.2. The third-order valence-electron chi connectivity index (χ3n) is 5.69. The molecule has 7 nitrogen and oxygen atoms in total. The minimum atomic E-state index is -0.416. The quantitative estimate of drug-likeness (QED) is 0.853. The summed E-state index contributed by atoms with van der Waals surface area (Å²) in [6.07, 6.45) is 4.52. The lowest BCUT2D eigenvalue weighted by atomic mass is 9.92. The van der Waals surface area contributed by atoms with Crippen molar-refractivity contribution in [2.75, 3.05) is 29.9 Å². The second-order valence-electron chi connectivity index (χ2n) is 7.72. The molecule has 2 aromatic rings. The number of nitrogens with zero attached hydrogens (tertiary/aromatic N) is 4. The third-order valence-corrected chi connectivity index (χ3v) is 5.69. The van der Waals surface area contributed by atoms with Gasteiger partial charge in [0.25, 0.3) is 0 Å². The molecule has 154 valence electrons. The number of benzene rings is 1. The van der Waals surface area contributed by atoms with Crippen molar-refractivity contribution in [2.24, 2.45) is 0 Å². The molecule has 1 unspecified atom stereocenters. The van der Waals surface area contributed by atoms with Gasteiger partial charge in [0.15, 0.2) is 5.82 Å². The van der Waals surface area contributed by atoms with Crippen molar-refractivity contribution >= 4 is 17.5 Å². The van der Waals surface area contributed by atoms with E-state index in [0.717, 1.165) is 43.9 Å². The molecule has 2 fully saturated rings. The van der Waals surface area contributed by atoms with Crippen LogP contribution in [0.5, 0.6) is 5.75 Å². The molecule has 3 atom stereocenters. The van der Waals surface area contributed by atoms with Crippen molar-refractivity contribution in [1.29, 1.82) is 0 Å². The van der Waals surface area contributed by atoms with Gasteiger partial charge in [-0.2, -0.15) is 0 Å². The number of carbonyl (C=O) groups is 1. The monoisotopic (exact) mass is 399 g/mol. The third kappa shape index (κ3) is 4.48. The van der Waals surface area contributed by atoms with Crippen LogP contribution in [0.4, 0.5) is 16.0 Å². The summed E-state index contributed by atoms with van der Waals surface area (Å²) in [5.41, 5.74) is 0.741. The van der Waals surface area contributed by atoms with Crippen LogP contribution in [0.15, 0.2) is 36.7 Å². The van der Waals surface area contributed by atoms with Crippen LogP contribution in [-0.4, -0.2) is 58.6 Å². The van der Waals surface area contributed by atoms with Gasteiger partial charge < -0.3 is 15.0 Å². The lowest BCUT2D eigenvalue weighted by molar-refractivity contribution is -0.114. The molecule has 0 spiro atoms. The molecule has 1 amide bonds. The lowest BCUT2D eigenvalue weighted by Gasteiger charge is -2.50. The number of anilines is 2. The molecular weight excluding hydrogens is 373 g/mol. The summed E-state index contributed by atoms with van der Waals surface area (Å²) in [7, 11) is 0. The SMILES string of the molecule is CC(=O)Nc1cccc(O[C@H]2CC[C@H]3C(C)N(c4ncc(F)cn4)CCN3C2)c1. The molecule has 29 heavy (non-hydrogen) atoms. The van der Waals surface area contributed by atoms with Crippen molar-refractivity contribution in [3.05, 3.63) is 42.5 Å². The summed E-state index contributed by atoms with van der Waals surface area (Å²) < 4.78 is 19.4. The number of carbonyl (C=O) groups excluding carboxylic acids is 1. The van der Waals surface area contributed by atoms with Gasteiger partial charge in [-0.25, -0.2) is 14.4 Å². The van der Waals surface area contributed by atoms with Gasteiger partial charge in [0, 0.05) is 50.4 Å². The highest BCUT2D eigenvalue weighted by Crippen LogP contribution is 2.30. The average Bonchev–Trinajstić information content (AvgIpc) is 2.69.